The molecular weight excluding hydrogens is 495 g/mol. The Morgan fingerprint density at radius 1 is 1.13 bits per heavy atom. The number of fused-ring (bicyclic) bond motifs is 1. The Morgan fingerprint density at radius 2 is 1.95 bits per heavy atom. The van der Waals surface area contributed by atoms with Crippen molar-refractivity contribution in [2.75, 3.05) is 16.8 Å². The number of nitriles is 1. The number of halogens is 3. The molecule has 0 aliphatic carbocycles. The third kappa shape index (κ3) is 4.31. The number of carbonyl (C=O) groups excluding carboxylic acids is 1. The molecule has 188 valence electrons. The van der Waals surface area contributed by atoms with Gasteiger partial charge in [0.25, 0.3) is 5.91 Å². The molecule has 1 N–H and O–H groups in total. The van der Waals surface area contributed by atoms with Gasteiger partial charge >= 0.3 is 6.18 Å². The molecule has 2 aromatic heterocycles. The predicted octanol–water partition coefficient (Wildman–Crippen LogP) is 4.64. The van der Waals surface area contributed by atoms with Crippen LogP contribution >= 0.6 is 0 Å². The highest BCUT2D eigenvalue weighted by Crippen LogP contribution is 2.40. The van der Waals surface area contributed by atoms with E-state index in [1.54, 1.807) is 41.9 Å². The Labute approximate surface area is 215 Å². The SMILES string of the molecule is C#CCNc1cc(-c2cc(C#N)ccc2-c2nncn2C)cc(N2Cc3c(cccc3C(F)(F)F)C2=O)n1. The summed E-state index contributed by atoms with van der Waals surface area (Å²) in [6, 6.07) is 14.0. The highest BCUT2D eigenvalue weighted by molar-refractivity contribution is 6.10. The Bertz CT molecular complexity index is 1660. The summed E-state index contributed by atoms with van der Waals surface area (Å²) in [6.45, 7) is -0.181. The quantitative estimate of drug-likeness (QED) is 0.391. The average molecular weight is 513 g/mol. The van der Waals surface area contributed by atoms with Crippen molar-refractivity contribution >= 4 is 17.5 Å². The summed E-state index contributed by atoms with van der Waals surface area (Å²) >= 11 is 0. The molecule has 4 aromatic rings. The van der Waals surface area contributed by atoms with Crippen LogP contribution in [0.15, 0.2) is 54.9 Å². The number of hydrogen-bond donors (Lipinski definition) is 1. The van der Waals surface area contributed by atoms with Crippen LogP contribution in [0.25, 0.3) is 22.5 Å². The molecule has 0 fully saturated rings. The first-order valence-corrected chi connectivity index (χ1v) is 11.3. The fourth-order valence-electron chi connectivity index (χ4n) is 4.40. The number of pyridine rings is 1. The number of aromatic nitrogens is 4. The van der Waals surface area contributed by atoms with E-state index in [9.17, 15) is 23.2 Å². The number of rotatable bonds is 5. The maximum absolute atomic E-state index is 13.7. The van der Waals surface area contributed by atoms with E-state index < -0.39 is 17.6 Å². The predicted molar refractivity (Wildman–Crippen MR) is 134 cm³/mol. The lowest BCUT2D eigenvalue weighted by molar-refractivity contribution is -0.138. The number of terminal acetylenes is 1. The summed E-state index contributed by atoms with van der Waals surface area (Å²) in [7, 11) is 1.77. The first-order chi connectivity index (χ1) is 18.2. The summed E-state index contributed by atoms with van der Waals surface area (Å²) in [4.78, 5) is 18.9. The van der Waals surface area contributed by atoms with Gasteiger partial charge in [-0.1, -0.05) is 12.0 Å². The average Bonchev–Trinajstić information content (AvgIpc) is 3.49. The van der Waals surface area contributed by atoms with Gasteiger partial charge in [-0.15, -0.1) is 16.6 Å². The number of anilines is 2. The number of carbonyl (C=O) groups is 1. The molecule has 0 saturated heterocycles. The van der Waals surface area contributed by atoms with Crippen molar-refractivity contribution in [1.29, 1.82) is 5.26 Å². The van der Waals surface area contributed by atoms with Crippen LogP contribution in [-0.4, -0.2) is 32.2 Å². The van der Waals surface area contributed by atoms with Crippen LogP contribution in [0.2, 0.25) is 0 Å². The van der Waals surface area contributed by atoms with Gasteiger partial charge in [0.05, 0.1) is 30.3 Å². The van der Waals surface area contributed by atoms with Gasteiger partial charge in [-0.25, -0.2) is 4.98 Å². The molecule has 0 spiro atoms. The topological polar surface area (TPSA) is 99.7 Å². The third-order valence-electron chi connectivity index (χ3n) is 6.15. The zero-order valence-corrected chi connectivity index (χ0v) is 19.9. The van der Waals surface area contributed by atoms with Crippen molar-refractivity contribution in [3.05, 3.63) is 77.1 Å². The smallest absolute Gasteiger partial charge is 0.359 e. The second kappa shape index (κ2) is 9.37. The van der Waals surface area contributed by atoms with Crippen LogP contribution in [0.5, 0.6) is 0 Å². The number of alkyl halides is 3. The molecule has 0 bridgehead atoms. The van der Waals surface area contributed by atoms with Gasteiger partial charge in [0, 0.05) is 18.2 Å². The molecule has 1 aliphatic heterocycles. The number of benzene rings is 2. The minimum atomic E-state index is -4.61. The third-order valence-corrected chi connectivity index (χ3v) is 6.15. The molecule has 1 aliphatic rings. The minimum absolute atomic E-state index is 0.0311. The summed E-state index contributed by atoms with van der Waals surface area (Å²) in [5.74, 6) is 2.81. The molecule has 11 heteroatoms. The number of aryl methyl sites for hydroxylation is 1. The van der Waals surface area contributed by atoms with Gasteiger partial charge in [0.1, 0.15) is 18.0 Å². The van der Waals surface area contributed by atoms with Crippen LogP contribution in [0.3, 0.4) is 0 Å². The van der Waals surface area contributed by atoms with E-state index in [0.29, 0.717) is 33.9 Å². The van der Waals surface area contributed by atoms with Gasteiger partial charge in [-0.2, -0.15) is 18.4 Å². The first-order valence-electron chi connectivity index (χ1n) is 11.3. The number of hydrogen-bond acceptors (Lipinski definition) is 6. The van der Waals surface area contributed by atoms with Crippen molar-refractivity contribution < 1.29 is 18.0 Å². The summed E-state index contributed by atoms with van der Waals surface area (Å²) in [5.41, 5.74) is 1.16. The van der Waals surface area contributed by atoms with E-state index in [1.165, 1.54) is 23.4 Å². The highest BCUT2D eigenvalue weighted by atomic mass is 19.4. The second-order valence-corrected chi connectivity index (χ2v) is 8.52. The van der Waals surface area contributed by atoms with Gasteiger partial charge in [0.15, 0.2) is 5.82 Å². The van der Waals surface area contributed by atoms with Gasteiger partial charge in [-0.3, -0.25) is 9.69 Å². The molecule has 1 amide bonds. The summed E-state index contributed by atoms with van der Waals surface area (Å²) < 4.78 is 42.7. The minimum Gasteiger partial charge on any atom is -0.359 e. The normalized spacial score (nSPS) is 12.7. The number of amides is 1. The number of nitrogens with one attached hydrogen (secondary N) is 1. The summed E-state index contributed by atoms with van der Waals surface area (Å²) in [5, 5.41) is 20.6. The fraction of sp³-hybridized carbons (Fsp3) is 0.148. The molecule has 0 unspecified atom stereocenters. The van der Waals surface area contributed by atoms with E-state index in [4.69, 9.17) is 6.42 Å². The second-order valence-electron chi connectivity index (χ2n) is 8.52. The van der Waals surface area contributed by atoms with Gasteiger partial charge < -0.3 is 9.88 Å². The molecule has 0 radical (unpaired) electrons. The lowest BCUT2D eigenvalue weighted by Crippen LogP contribution is -2.24. The van der Waals surface area contributed by atoms with E-state index >= 15 is 0 Å². The maximum Gasteiger partial charge on any atom is 0.416 e. The molecular formula is C27H18F3N7O. The van der Waals surface area contributed by atoms with Crippen molar-refractivity contribution in [3.8, 4) is 40.9 Å². The molecule has 0 saturated carbocycles. The van der Waals surface area contributed by atoms with Gasteiger partial charge in [-0.05, 0) is 59.2 Å². The first kappa shape index (κ1) is 24.5. The van der Waals surface area contributed by atoms with E-state index in [2.05, 4.69) is 32.5 Å². The highest BCUT2D eigenvalue weighted by Gasteiger charge is 2.40. The maximum atomic E-state index is 13.7. The molecule has 8 nitrogen and oxygen atoms in total. The van der Waals surface area contributed by atoms with E-state index in [0.717, 1.165) is 6.07 Å². The van der Waals surface area contributed by atoms with Crippen molar-refractivity contribution in [3.63, 3.8) is 0 Å². The molecule has 5 rings (SSSR count). The zero-order chi connectivity index (χ0) is 27.0. The zero-order valence-electron chi connectivity index (χ0n) is 19.9. The van der Waals surface area contributed by atoms with Crippen LogP contribution in [0.4, 0.5) is 24.8 Å². The fourth-order valence-corrected chi connectivity index (χ4v) is 4.40. The van der Waals surface area contributed by atoms with Crippen LogP contribution in [-0.2, 0) is 19.8 Å². The van der Waals surface area contributed by atoms with Gasteiger partial charge in [0.2, 0.25) is 0 Å². The Hall–Kier alpha value is -5.16. The molecule has 38 heavy (non-hydrogen) atoms. The largest absolute Gasteiger partial charge is 0.416 e. The van der Waals surface area contributed by atoms with Crippen molar-refractivity contribution in [1.82, 2.24) is 19.7 Å². The van der Waals surface area contributed by atoms with E-state index in [-0.39, 0.29) is 30.0 Å². The summed E-state index contributed by atoms with van der Waals surface area (Å²) in [6.07, 6.45) is 2.32. The lowest BCUT2D eigenvalue weighted by Gasteiger charge is -2.19. The standard InChI is InChI=1S/C27H18F3N7O/c1-3-9-32-23-11-17(20-10-16(13-31)7-8-18(20)25-35-33-15-36(25)2)12-24(34-23)37-14-21-19(26(37)38)5-4-6-22(21)27(28,29)30/h1,4-8,10-12,15H,9,14H2,2H3,(H,32,34). The van der Waals surface area contributed by atoms with Crippen LogP contribution < -0.4 is 10.2 Å². The lowest BCUT2D eigenvalue weighted by atomic mass is 9.97. The monoisotopic (exact) mass is 513 g/mol. The number of nitrogens with zero attached hydrogens (tertiary/aromatic N) is 6. The molecule has 0 atom stereocenters. The van der Waals surface area contributed by atoms with E-state index in [1.807, 2.05) is 0 Å². The van der Waals surface area contributed by atoms with Crippen molar-refractivity contribution in [2.24, 2.45) is 7.05 Å². The Morgan fingerprint density at radius 3 is 2.63 bits per heavy atom. The van der Waals surface area contributed by atoms with Crippen molar-refractivity contribution in [2.45, 2.75) is 12.7 Å². The van der Waals surface area contributed by atoms with Crippen LogP contribution in [0.1, 0.15) is 27.0 Å². The Kier molecular flexibility index (Phi) is 6.05. The Balaban J connectivity index is 1.67. The molecule has 3 heterocycles. The van der Waals surface area contributed by atoms with Crippen LogP contribution in [0, 0.1) is 23.7 Å². The molecule has 2 aromatic carbocycles.